The number of benzene rings is 2. The van der Waals surface area contributed by atoms with Crippen LogP contribution >= 0.6 is 0 Å². The fourth-order valence-corrected chi connectivity index (χ4v) is 2.74. The lowest BCUT2D eigenvalue weighted by atomic mass is 10.2. The Labute approximate surface area is 156 Å². The molecule has 1 aliphatic carbocycles. The van der Waals surface area contributed by atoms with Crippen LogP contribution in [0.25, 0.3) is 0 Å². The van der Waals surface area contributed by atoms with Gasteiger partial charge in [0.2, 0.25) is 11.8 Å². The lowest BCUT2D eigenvalue weighted by Gasteiger charge is -2.07. The van der Waals surface area contributed by atoms with Gasteiger partial charge in [-0.2, -0.15) is 0 Å². The Morgan fingerprint density at radius 3 is 1.37 bits per heavy atom. The highest BCUT2D eigenvalue weighted by atomic mass is 16.2. The quantitative estimate of drug-likeness (QED) is 0.253. The molecule has 2 amide bonds. The summed E-state index contributed by atoms with van der Waals surface area (Å²) in [7, 11) is 0. The van der Waals surface area contributed by atoms with Crippen LogP contribution in [0.4, 0.5) is 11.4 Å². The van der Waals surface area contributed by atoms with Gasteiger partial charge in [0.1, 0.15) is 0 Å². The molecule has 8 heteroatoms. The van der Waals surface area contributed by atoms with E-state index >= 15 is 0 Å². The van der Waals surface area contributed by atoms with Crippen LogP contribution in [0, 0.1) is 11.8 Å². The van der Waals surface area contributed by atoms with Crippen LogP contribution in [-0.2, 0) is 9.59 Å². The fourth-order valence-electron chi connectivity index (χ4n) is 2.74. The first-order valence-corrected chi connectivity index (χ1v) is 8.43. The predicted octanol–water partition coefficient (Wildman–Crippen LogP) is -2.17. The smallest absolute Gasteiger partial charge is 0.270 e. The minimum Gasteiger partial charge on any atom is -0.326 e. The van der Waals surface area contributed by atoms with Crippen molar-refractivity contribution in [1.82, 2.24) is 0 Å². The molecule has 0 radical (unpaired) electrons. The van der Waals surface area contributed by atoms with Gasteiger partial charge in [-0.05, 0) is 55.0 Å². The van der Waals surface area contributed by atoms with Crippen molar-refractivity contribution < 1.29 is 20.4 Å². The van der Waals surface area contributed by atoms with Crippen molar-refractivity contribution in [1.29, 1.82) is 0 Å². The molecule has 0 unspecified atom stereocenters. The third-order valence-electron chi connectivity index (χ3n) is 4.44. The Hall–Kier alpha value is -3.68. The summed E-state index contributed by atoms with van der Waals surface area (Å²) in [4.78, 5) is 24.6. The highest BCUT2D eigenvalue weighted by molar-refractivity contribution is 6.03. The van der Waals surface area contributed by atoms with Crippen molar-refractivity contribution in [3.63, 3.8) is 0 Å². The SMILES string of the molecule is NC(=[NH2+])c1ccc(NC(=O)[C@@H]2C[C@H]2C(=O)Nc2ccc(C(N)=[NH2+])cc2)cc1. The number of nitrogens with one attached hydrogen (secondary N) is 2. The van der Waals surface area contributed by atoms with E-state index in [-0.39, 0.29) is 35.3 Å². The zero-order valence-corrected chi connectivity index (χ0v) is 14.6. The first-order chi connectivity index (χ1) is 12.8. The Morgan fingerprint density at radius 1 is 0.741 bits per heavy atom. The van der Waals surface area contributed by atoms with Gasteiger partial charge in [0.25, 0.3) is 11.7 Å². The maximum Gasteiger partial charge on any atom is 0.270 e. The molecule has 0 bridgehead atoms. The van der Waals surface area contributed by atoms with Crippen molar-refractivity contribution in [2.45, 2.75) is 6.42 Å². The summed E-state index contributed by atoms with van der Waals surface area (Å²) in [6, 6.07) is 13.7. The van der Waals surface area contributed by atoms with Crippen molar-refractivity contribution in [2.75, 3.05) is 10.6 Å². The lowest BCUT2D eigenvalue weighted by molar-refractivity contribution is -0.122. The van der Waals surface area contributed by atoms with Crippen molar-refractivity contribution in [2.24, 2.45) is 23.3 Å². The molecule has 3 rings (SSSR count). The Balaban J connectivity index is 1.53. The second-order valence-electron chi connectivity index (χ2n) is 6.49. The van der Waals surface area contributed by atoms with Gasteiger partial charge in [-0.3, -0.25) is 31.9 Å². The summed E-state index contributed by atoms with van der Waals surface area (Å²) < 4.78 is 0. The van der Waals surface area contributed by atoms with E-state index in [0.29, 0.717) is 28.9 Å². The minimum absolute atomic E-state index is 0.187. The Morgan fingerprint density at radius 2 is 1.07 bits per heavy atom. The molecule has 2 aromatic rings. The molecule has 138 valence electrons. The van der Waals surface area contributed by atoms with E-state index in [9.17, 15) is 9.59 Å². The lowest BCUT2D eigenvalue weighted by Crippen LogP contribution is -2.46. The Bertz CT molecular complexity index is 829. The molecule has 0 saturated heterocycles. The molecule has 0 aromatic heterocycles. The molecule has 1 aliphatic rings. The highest BCUT2D eigenvalue weighted by Gasteiger charge is 2.48. The van der Waals surface area contributed by atoms with Gasteiger partial charge in [0.05, 0.1) is 23.0 Å². The monoisotopic (exact) mass is 366 g/mol. The van der Waals surface area contributed by atoms with Crippen LogP contribution in [0.5, 0.6) is 0 Å². The van der Waals surface area contributed by atoms with E-state index in [4.69, 9.17) is 22.3 Å². The van der Waals surface area contributed by atoms with Crippen LogP contribution in [0.15, 0.2) is 48.5 Å². The summed E-state index contributed by atoms with van der Waals surface area (Å²) in [5.41, 5.74) is 13.7. The standard InChI is InChI=1S/C19H20N6O2/c20-16(21)10-1-5-12(6-2-10)24-18(26)14-9-15(14)19(27)25-13-7-3-11(4-8-13)17(22)23/h1-8,14-15H,9H2,(H3,20,21)(H3,22,23)(H,24,26)(H,25,27)/p+2/t14-,15-/m1/s1. The average Bonchev–Trinajstić information content (AvgIpc) is 3.43. The van der Waals surface area contributed by atoms with Crippen LogP contribution in [0.3, 0.4) is 0 Å². The number of hydrogen-bond acceptors (Lipinski definition) is 2. The number of amides is 2. The molecule has 0 heterocycles. The molecule has 10 N–H and O–H groups in total. The summed E-state index contributed by atoms with van der Waals surface area (Å²) >= 11 is 0. The Kier molecular flexibility index (Phi) is 4.89. The molecule has 27 heavy (non-hydrogen) atoms. The largest absolute Gasteiger partial charge is 0.326 e. The minimum atomic E-state index is -0.344. The maximum absolute atomic E-state index is 12.3. The number of amidine groups is 2. The van der Waals surface area contributed by atoms with E-state index in [1.165, 1.54) is 0 Å². The summed E-state index contributed by atoms with van der Waals surface area (Å²) in [5.74, 6) is -0.633. The molecule has 8 nitrogen and oxygen atoms in total. The molecule has 2 aromatic carbocycles. The number of nitrogens with two attached hydrogens (primary N) is 4. The zero-order chi connectivity index (χ0) is 19.6. The van der Waals surface area contributed by atoms with Gasteiger partial charge in [-0.15, -0.1) is 0 Å². The maximum atomic E-state index is 12.3. The van der Waals surface area contributed by atoms with Crippen molar-refractivity contribution in [3.05, 3.63) is 59.7 Å². The molecule has 0 spiro atoms. The highest BCUT2D eigenvalue weighted by Crippen LogP contribution is 2.40. The molecular weight excluding hydrogens is 344 g/mol. The first-order valence-electron chi connectivity index (χ1n) is 8.43. The number of anilines is 2. The van der Waals surface area contributed by atoms with E-state index in [1.54, 1.807) is 48.5 Å². The fraction of sp³-hybridized carbons (Fsp3) is 0.158. The van der Waals surface area contributed by atoms with Gasteiger partial charge >= 0.3 is 0 Å². The van der Waals surface area contributed by atoms with Crippen LogP contribution < -0.4 is 32.9 Å². The third kappa shape index (κ3) is 4.30. The number of rotatable bonds is 6. The normalized spacial score (nSPS) is 17.6. The molecule has 1 saturated carbocycles. The van der Waals surface area contributed by atoms with Gasteiger partial charge in [0, 0.05) is 11.4 Å². The number of carbonyl (C=O) groups is 2. The van der Waals surface area contributed by atoms with Gasteiger partial charge in [-0.1, -0.05) is 0 Å². The molecule has 1 fully saturated rings. The average molecular weight is 366 g/mol. The first kappa shape index (κ1) is 18.1. The second kappa shape index (κ2) is 7.28. The van der Waals surface area contributed by atoms with Crippen molar-refractivity contribution in [3.8, 4) is 0 Å². The number of carbonyl (C=O) groups excluding carboxylic acids is 2. The van der Waals surface area contributed by atoms with Crippen LogP contribution in [0.1, 0.15) is 17.5 Å². The third-order valence-corrected chi connectivity index (χ3v) is 4.44. The molecular formula is C19H22N6O2+2. The van der Waals surface area contributed by atoms with Gasteiger partial charge < -0.3 is 10.6 Å². The second-order valence-corrected chi connectivity index (χ2v) is 6.49. The molecule has 2 atom stereocenters. The summed E-state index contributed by atoms with van der Waals surface area (Å²) in [6.45, 7) is 0. The zero-order valence-electron chi connectivity index (χ0n) is 14.6. The van der Waals surface area contributed by atoms with Gasteiger partial charge in [-0.25, -0.2) is 0 Å². The van der Waals surface area contributed by atoms with E-state index < -0.39 is 0 Å². The van der Waals surface area contributed by atoms with Crippen molar-refractivity contribution >= 4 is 34.9 Å². The van der Waals surface area contributed by atoms with E-state index in [1.807, 2.05) is 0 Å². The van der Waals surface area contributed by atoms with Gasteiger partial charge in [0.15, 0.2) is 0 Å². The predicted molar refractivity (Wildman–Crippen MR) is 102 cm³/mol. The molecule has 0 aliphatic heterocycles. The van der Waals surface area contributed by atoms with E-state index in [0.717, 1.165) is 0 Å². The summed E-state index contributed by atoms with van der Waals surface area (Å²) in [6.07, 6.45) is 0.515. The van der Waals surface area contributed by atoms with Crippen LogP contribution in [-0.4, -0.2) is 23.5 Å². The topological polar surface area (TPSA) is 161 Å². The summed E-state index contributed by atoms with van der Waals surface area (Å²) in [5, 5.41) is 16.6. The van der Waals surface area contributed by atoms with E-state index in [2.05, 4.69) is 10.6 Å². The van der Waals surface area contributed by atoms with Crippen LogP contribution in [0.2, 0.25) is 0 Å². The number of hydrogen-bond donors (Lipinski definition) is 6.